The quantitative estimate of drug-likeness (QED) is 0.455. The Balaban J connectivity index is 2.90. The average molecular weight is 461 g/mol. The van der Waals surface area contributed by atoms with Gasteiger partial charge in [0.1, 0.15) is 6.61 Å². The van der Waals surface area contributed by atoms with E-state index in [9.17, 15) is 48.7 Å². The second kappa shape index (κ2) is 9.32. The predicted molar refractivity (Wildman–Crippen MR) is 77.2 cm³/mol. The molecule has 0 bridgehead atoms. The summed E-state index contributed by atoms with van der Waals surface area (Å²) in [5.74, 6) is -9.35. The van der Waals surface area contributed by atoms with E-state index in [0.29, 0.717) is 13.2 Å². The van der Waals surface area contributed by atoms with Gasteiger partial charge in [-0.2, -0.15) is 43.9 Å². The molecule has 1 heterocycles. The van der Waals surface area contributed by atoms with E-state index in [-0.39, 0.29) is 5.56 Å². The Hall–Kier alpha value is -2.16. The zero-order valence-electron chi connectivity index (χ0n) is 15.0. The Morgan fingerprint density at radius 1 is 1.03 bits per heavy atom. The van der Waals surface area contributed by atoms with Crippen LogP contribution in [-0.4, -0.2) is 50.1 Å². The standard InChI is InChI=1S/C15H14F10N2O3/c1-29-7-6-27-4-2-9(3-5-27)8-26-11(28)10(12(16,17)18)30-15(24,25)13(19,20)14(21,22)23/h2-5,10H,6-8H2,1H3/p+1. The highest BCUT2D eigenvalue weighted by molar-refractivity contribution is 5.81. The van der Waals surface area contributed by atoms with Crippen LogP contribution in [0.25, 0.3) is 0 Å². The van der Waals surface area contributed by atoms with Gasteiger partial charge in [0.25, 0.3) is 5.91 Å². The Bertz CT molecular complexity index is 704. The lowest BCUT2D eigenvalue weighted by Crippen LogP contribution is -2.58. The molecule has 0 fully saturated rings. The molecular weight excluding hydrogens is 446 g/mol. The fourth-order valence-corrected chi connectivity index (χ4v) is 1.89. The molecule has 1 unspecified atom stereocenters. The third kappa shape index (κ3) is 6.42. The number of pyridine rings is 1. The van der Waals surface area contributed by atoms with Crippen LogP contribution in [-0.2, 0) is 27.4 Å². The number of ether oxygens (including phenoxy) is 2. The second-order valence-corrected chi connectivity index (χ2v) is 5.78. The fraction of sp³-hybridized carbons (Fsp3) is 0.600. The number of carbonyl (C=O) groups excluding carboxylic acids is 1. The highest BCUT2D eigenvalue weighted by atomic mass is 19.4. The molecule has 0 radical (unpaired) electrons. The number of hydrogen-bond acceptors (Lipinski definition) is 3. The largest absolute Gasteiger partial charge is 0.462 e. The first kappa shape index (κ1) is 25.9. The van der Waals surface area contributed by atoms with Crippen LogP contribution in [0.5, 0.6) is 0 Å². The van der Waals surface area contributed by atoms with Gasteiger partial charge in [0, 0.05) is 25.8 Å². The molecule has 0 aliphatic rings. The average Bonchev–Trinajstić information content (AvgIpc) is 2.61. The number of nitrogens with one attached hydrogen (secondary N) is 1. The van der Waals surface area contributed by atoms with Crippen molar-refractivity contribution in [3.8, 4) is 0 Å². The number of halogens is 10. The van der Waals surface area contributed by atoms with Crippen molar-refractivity contribution < 1.29 is 62.7 Å². The topological polar surface area (TPSA) is 51.4 Å². The van der Waals surface area contributed by atoms with Gasteiger partial charge in [-0.15, -0.1) is 0 Å². The molecule has 1 amide bonds. The van der Waals surface area contributed by atoms with E-state index in [1.54, 1.807) is 4.57 Å². The highest BCUT2D eigenvalue weighted by Crippen LogP contribution is 2.48. The Kier molecular flexibility index (Phi) is 8.04. The molecule has 30 heavy (non-hydrogen) atoms. The molecule has 0 aliphatic heterocycles. The predicted octanol–water partition coefficient (Wildman–Crippen LogP) is 2.97. The molecule has 5 nitrogen and oxygen atoms in total. The monoisotopic (exact) mass is 461 g/mol. The number of carbonyl (C=O) groups is 1. The number of methoxy groups -OCH3 is 1. The molecule has 0 aliphatic carbocycles. The molecule has 1 rings (SSSR count). The molecule has 0 saturated heterocycles. The Labute approximate surface area is 162 Å². The van der Waals surface area contributed by atoms with Crippen molar-refractivity contribution in [3.05, 3.63) is 30.1 Å². The van der Waals surface area contributed by atoms with Crippen molar-refractivity contribution in [1.82, 2.24) is 5.32 Å². The summed E-state index contributed by atoms with van der Waals surface area (Å²) in [5.41, 5.74) is 0.172. The van der Waals surface area contributed by atoms with Crippen LogP contribution >= 0.6 is 0 Å². The molecule has 172 valence electrons. The summed E-state index contributed by atoms with van der Waals surface area (Å²) in [5, 5.41) is 1.50. The highest BCUT2D eigenvalue weighted by Gasteiger charge is 2.76. The maximum absolute atomic E-state index is 13.2. The van der Waals surface area contributed by atoms with Gasteiger partial charge in [-0.1, -0.05) is 0 Å². The van der Waals surface area contributed by atoms with Gasteiger partial charge >= 0.3 is 24.4 Å². The summed E-state index contributed by atoms with van der Waals surface area (Å²) in [7, 11) is 1.44. The van der Waals surface area contributed by atoms with Gasteiger partial charge in [0.2, 0.25) is 6.10 Å². The first-order valence-electron chi connectivity index (χ1n) is 7.84. The molecule has 1 aromatic rings. The van der Waals surface area contributed by atoms with Crippen LogP contribution in [0, 0.1) is 0 Å². The molecule has 15 heteroatoms. The third-order valence-corrected chi connectivity index (χ3v) is 3.50. The van der Waals surface area contributed by atoms with Crippen LogP contribution in [0.4, 0.5) is 43.9 Å². The van der Waals surface area contributed by atoms with E-state index in [0.717, 1.165) is 0 Å². The van der Waals surface area contributed by atoms with Crippen LogP contribution < -0.4 is 9.88 Å². The van der Waals surface area contributed by atoms with Gasteiger partial charge < -0.3 is 10.1 Å². The summed E-state index contributed by atoms with van der Waals surface area (Å²) in [6.07, 6.45) is -21.0. The van der Waals surface area contributed by atoms with Crippen molar-refractivity contribution >= 4 is 5.91 Å². The smallest absolute Gasteiger partial charge is 0.378 e. The van der Waals surface area contributed by atoms with Crippen LogP contribution in [0.1, 0.15) is 5.56 Å². The van der Waals surface area contributed by atoms with Gasteiger partial charge in [-0.3, -0.25) is 9.53 Å². The Morgan fingerprint density at radius 2 is 1.57 bits per heavy atom. The van der Waals surface area contributed by atoms with E-state index in [2.05, 4.69) is 4.74 Å². The van der Waals surface area contributed by atoms with Gasteiger partial charge in [0.05, 0.1) is 0 Å². The molecule has 0 aromatic carbocycles. The van der Waals surface area contributed by atoms with E-state index in [4.69, 9.17) is 4.74 Å². The first-order chi connectivity index (χ1) is 13.5. The fourth-order valence-electron chi connectivity index (χ4n) is 1.89. The first-order valence-corrected chi connectivity index (χ1v) is 7.84. The normalized spacial score (nSPS) is 14.5. The summed E-state index contributed by atoms with van der Waals surface area (Å²) in [6, 6.07) is 2.65. The lowest BCUT2D eigenvalue weighted by atomic mass is 10.2. The lowest BCUT2D eigenvalue weighted by molar-refractivity contribution is -0.698. The summed E-state index contributed by atoms with van der Waals surface area (Å²) < 4.78 is 136. The van der Waals surface area contributed by atoms with E-state index < -0.39 is 42.9 Å². The number of nitrogens with zero attached hydrogens (tertiary/aromatic N) is 1. The SMILES string of the molecule is COCC[n+]1ccc(CNC(=O)C(OC(F)(F)C(F)(F)C(F)(F)F)C(F)(F)F)cc1. The third-order valence-electron chi connectivity index (χ3n) is 3.50. The zero-order chi connectivity index (χ0) is 23.4. The molecule has 1 N–H and O–H groups in total. The maximum atomic E-state index is 13.2. The number of hydrogen-bond donors (Lipinski definition) is 1. The minimum absolute atomic E-state index is 0.172. The molecule has 1 atom stereocenters. The second-order valence-electron chi connectivity index (χ2n) is 5.78. The molecular formula is C15H15F10N2O3+. The van der Waals surface area contributed by atoms with Gasteiger partial charge in [-0.05, 0) is 5.56 Å². The molecule has 1 aromatic heterocycles. The van der Waals surface area contributed by atoms with Crippen molar-refractivity contribution in [1.29, 1.82) is 0 Å². The minimum atomic E-state index is -6.97. The van der Waals surface area contributed by atoms with Gasteiger partial charge in [-0.25, -0.2) is 4.57 Å². The number of rotatable bonds is 9. The summed E-state index contributed by atoms with van der Waals surface area (Å²) in [6.45, 7) is 0.0683. The lowest BCUT2D eigenvalue weighted by Gasteiger charge is -2.31. The van der Waals surface area contributed by atoms with E-state index in [1.807, 2.05) is 0 Å². The summed E-state index contributed by atoms with van der Waals surface area (Å²) >= 11 is 0. The number of aromatic nitrogens is 1. The van der Waals surface area contributed by atoms with Crippen LogP contribution in [0.2, 0.25) is 0 Å². The van der Waals surface area contributed by atoms with E-state index >= 15 is 0 Å². The maximum Gasteiger partial charge on any atom is 0.462 e. The van der Waals surface area contributed by atoms with Crippen LogP contribution in [0.3, 0.4) is 0 Å². The minimum Gasteiger partial charge on any atom is -0.378 e. The van der Waals surface area contributed by atoms with E-state index in [1.165, 1.54) is 37.0 Å². The van der Waals surface area contributed by atoms with Crippen molar-refractivity contribution in [2.24, 2.45) is 0 Å². The number of amides is 1. The molecule has 0 spiro atoms. The number of alkyl halides is 10. The van der Waals surface area contributed by atoms with Crippen molar-refractivity contribution in [2.45, 2.75) is 43.6 Å². The summed E-state index contributed by atoms with van der Waals surface area (Å²) in [4.78, 5) is 11.6. The van der Waals surface area contributed by atoms with Crippen molar-refractivity contribution in [2.75, 3.05) is 13.7 Å². The van der Waals surface area contributed by atoms with Crippen molar-refractivity contribution in [3.63, 3.8) is 0 Å². The zero-order valence-corrected chi connectivity index (χ0v) is 15.0. The Morgan fingerprint density at radius 3 is 2.00 bits per heavy atom. The van der Waals surface area contributed by atoms with Crippen LogP contribution in [0.15, 0.2) is 24.5 Å². The van der Waals surface area contributed by atoms with Gasteiger partial charge in [0.15, 0.2) is 18.9 Å². The molecule has 0 saturated carbocycles.